The standard InChI is InChI=1S/C17H28N2O2/c1-4-14-12-15(21-5-2)6-7-16(14)17(20)13(3)19-10-8-18-9-11-19/h6-7,12-13,17-18,20H,4-5,8-11H2,1-3H3. The van der Waals surface area contributed by atoms with E-state index in [9.17, 15) is 5.11 Å². The van der Waals surface area contributed by atoms with E-state index >= 15 is 0 Å². The molecule has 0 aromatic heterocycles. The Morgan fingerprint density at radius 1 is 1.29 bits per heavy atom. The molecule has 2 N–H and O–H groups in total. The normalized spacial score (nSPS) is 19.2. The molecule has 2 unspecified atom stereocenters. The first-order valence-electron chi connectivity index (χ1n) is 8.05. The predicted octanol–water partition coefficient (Wildman–Crippen LogP) is 1.97. The molecule has 1 aromatic rings. The monoisotopic (exact) mass is 292 g/mol. The summed E-state index contributed by atoms with van der Waals surface area (Å²) in [4.78, 5) is 2.36. The van der Waals surface area contributed by atoms with Crippen LogP contribution in [0.4, 0.5) is 0 Å². The van der Waals surface area contributed by atoms with Gasteiger partial charge in [-0.2, -0.15) is 0 Å². The summed E-state index contributed by atoms with van der Waals surface area (Å²) in [5, 5.41) is 14.1. The molecule has 1 fully saturated rings. The highest BCUT2D eigenvalue weighted by Gasteiger charge is 2.25. The lowest BCUT2D eigenvalue weighted by atomic mass is 9.95. The van der Waals surface area contributed by atoms with Crippen molar-refractivity contribution in [2.24, 2.45) is 0 Å². The number of aliphatic hydroxyl groups excluding tert-OH is 1. The zero-order chi connectivity index (χ0) is 15.2. The molecule has 1 aromatic carbocycles. The first-order valence-corrected chi connectivity index (χ1v) is 8.05. The molecule has 0 aliphatic carbocycles. The molecule has 1 aliphatic heterocycles. The van der Waals surface area contributed by atoms with E-state index in [0.717, 1.165) is 43.9 Å². The zero-order valence-electron chi connectivity index (χ0n) is 13.4. The Balaban J connectivity index is 2.15. The second-order valence-electron chi connectivity index (χ2n) is 5.62. The van der Waals surface area contributed by atoms with Crippen LogP contribution in [0.3, 0.4) is 0 Å². The molecule has 118 valence electrons. The van der Waals surface area contributed by atoms with Crippen LogP contribution >= 0.6 is 0 Å². The summed E-state index contributed by atoms with van der Waals surface area (Å²) in [6.45, 7) is 10.9. The van der Waals surface area contributed by atoms with Crippen molar-refractivity contribution < 1.29 is 9.84 Å². The van der Waals surface area contributed by atoms with Crippen molar-refractivity contribution in [2.45, 2.75) is 39.3 Å². The number of nitrogens with zero attached hydrogens (tertiary/aromatic N) is 1. The first kappa shape index (κ1) is 16.3. The van der Waals surface area contributed by atoms with Crippen molar-refractivity contribution in [3.63, 3.8) is 0 Å². The van der Waals surface area contributed by atoms with Gasteiger partial charge in [-0.15, -0.1) is 0 Å². The van der Waals surface area contributed by atoms with Gasteiger partial charge >= 0.3 is 0 Å². The van der Waals surface area contributed by atoms with Crippen LogP contribution in [0, 0.1) is 0 Å². The maximum absolute atomic E-state index is 10.8. The van der Waals surface area contributed by atoms with Crippen molar-refractivity contribution in [1.82, 2.24) is 10.2 Å². The van der Waals surface area contributed by atoms with Crippen molar-refractivity contribution in [3.05, 3.63) is 29.3 Å². The predicted molar refractivity (Wildman–Crippen MR) is 85.9 cm³/mol. The van der Waals surface area contributed by atoms with E-state index < -0.39 is 6.10 Å². The lowest BCUT2D eigenvalue weighted by Crippen LogP contribution is -2.49. The summed E-state index contributed by atoms with van der Waals surface area (Å²) >= 11 is 0. The number of aliphatic hydroxyl groups is 1. The van der Waals surface area contributed by atoms with Crippen molar-refractivity contribution in [3.8, 4) is 5.75 Å². The lowest BCUT2D eigenvalue weighted by Gasteiger charge is -2.36. The second kappa shape index (κ2) is 7.78. The van der Waals surface area contributed by atoms with E-state index in [-0.39, 0.29) is 6.04 Å². The minimum absolute atomic E-state index is 0.135. The van der Waals surface area contributed by atoms with Crippen LogP contribution in [0.5, 0.6) is 5.75 Å². The van der Waals surface area contributed by atoms with Crippen LogP contribution in [-0.4, -0.2) is 48.8 Å². The maximum Gasteiger partial charge on any atom is 0.119 e. The van der Waals surface area contributed by atoms with E-state index in [4.69, 9.17) is 4.74 Å². The summed E-state index contributed by atoms with van der Waals surface area (Å²) in [5.41, 5.74) is 2.21. The smallest absolute Gasteiger partial charge is 0.119 e. The summed E-state index contributed by atoms with van der Waals surface area (Å²) < 4.78 is 5.56. The Bertz CT molecular complexity index is 444. The van der Waals surface area contributed by atoms with Crippen LogP contribution in [0.1, 0.15) is 38.0 Å². The molecule has 4 heteroatoms. The third-order valence-corrected chi connectivity index (χ3v) is 4.31. The van der Waals surface area contributed by atoms with E-state index in [1.54, 1.807) is 0 Å². The first-order chi connectivity index (χ1) is 10.2. The number of hydrogen-bond acceptors (Lipinski definition) is 4. The summed E-state index contributed by atoms with van der Waals surface area (Å²) in [6, 6.07) is 6.18. The number of benzene rings is 1. The molecule has 1 heterocycles. The third kappa shape index (κ3) is 3.96. The van der Waals surface area contributed by atoms with E-state index in [1.807, 2.05) is 19.1 Å². The summed E-state index contributed by atoms with van der Waals surface area (Å²) in [5.74, 6) is 0.889. The Kier molecular flexibility index (Phi) is 6.03. The topological polar surface area (TPSA) is 44.7 Å². The van der Waals surface area contributed by atoms with E-state index in [1.165, 1.54) is 5.56 Å². The van der Waals surface area contributed by atoms with Gasteiger partial charge in [0.1, 0.15) is 5.75 Å². The van der Waals surface area contributed by atoms with Crippen LogP contribution < -0.4 is 10.1 Å². The Morgan fingerprint density at radius 3 is 2.62 bits per heavy atom. The van der Waals surface area contributed by atoms with Crippen LogP contribution in [0.2, 0.25) is 0 Å². The number of rotatable bonds is 6. The van der Waals surface area contributed by atoms with Gasteiger partial charge in [-0.25, -0.2) is 0 Å². The minimum Gasteiger partial charge on any atom is -0.494 e. The average Bonchev–Trinajstić information content (AvgIpc) is 2.54. The fourth-order valence-corrected chi connectivity index (χ4v) is 2.98. The highest BCUT2D eigenvalue weighted by molar-refractivity contribution is 5.37. The zero-order valence-corrected chi connectivity index (χ0v) is 13.4. The molecule has 2 rings (SSSR count). The molecule has 0 bridgehead atoms. The molecule has 21 heavy (non-hydrogen) atoms. The molecule has 0 saturated carbocycles. The summed E-state index contributed by atoms with van der Waals surface area (Å²) in [6.07, 6.45) is 0.454. The highest BCUT2D eigenvalue weighted by atomic mass is 16.5. The molecule has 4 nitrogen and oxygen atoms in total. The molecule has 0 radical (unpaired) electrons. The number of piperazine rings is 1. The van der Waals surface area contributed by atoms with Gasteiger partial charge in [0, 0.05) is 32.2 Å². The van der Waals surface area contributed by atoms with Gasteiger partial charge in [0.05, 0.1) is 12.7 Å². The fraction of sp³-hybridized carbons (Fsp3) is 0.647. The quantitative estimate of drug-likeness (QED) is 0.841. The number of hydrogen-bond donors (Lipinski definition) is 2. The Hall–Kier alpha value is -1.10. The van der Waals surface area contributed by atoms with Gasteiger partial charge in [0.25, 0.3) is 0 Å². The van der Waals surface area contributed by atoms with E-state index in [0.29, 0.717) is 6.61 Å². The number of nitrogens with one attached hydrogen (secondary N) is 1. The van der Waals surface area contributed by atoms with Gasteiger partial charge in [-0.1, -0.05) is 13.0 Å². The molecule has 1 saturated heterocycles. The van der Waals surface area contributed by atoms with E-state index in [2.05, 4.69) is 30.1 Å². The molecular formula is C17H28N2O2. The molecular weight excluding hydrogens is 264 g/mol. The average molecular weight is 292 g/mol. The SMILES string of the molecule is CCOc1ccc(C(O)C(C)N2CCNCC2)c(CC)c1. The van der Waals surface area contributed by atoms with Crippen molar-refractivity contribution >= 4 is 0 Å². The molecule has 0 amide bonds. The largest absolute Gasteiger partial charge is 0.494 e. The molecule has 1 aliphatic rings. The maximum atomic E-state index is 10.8. The van der Waals surface area contributed by atoms with Gasteiger partial charge in [-0.05, 0) is 43.5 Å². The Labute approximate surface area is 128 Å². The van der Waals surface area contributed by atoms with Crippen LogP contribution in [-0.2, 0) is 6.42 Å². The fourth-order valence-electron chi connectivity index (χ4n) is 2.98. The second-order valence-corrected chi connectivity index (χ2v) is 5.62. The van der Waals surface area contributed by atoms with Gasteiger partial charge in [-0.3, -0.25) is 4.90 Å². The number of aryl methyl sites for hydroxylation is 1. The van der Waals surface area contributed by atoms with Crippen LogP contribution in [0.25, 0.3) is 0 Å². The minimum atomic E-state index is -0.450. The molecule has 0 spiro atoms. The lowest BCUT2D eigenvalue weighted by molar-refractivity contribution is 0.0504. The number of ether oxygens (including phenoxy) is 1. The highest BCUT2D eigenvalue weighted by Crippen LogP contribution is 2.28. The van der Waals surface area contributed by atoms with Gasteiger partial charge in [0.15, 0.2) is 0 Å². The van der Waals surface area contributed by atoms with Crippen molar-refractivity contribution in [1.29, 1.82) is 0 Å². The van der Waals surface area contributed by atoms with Crippen LogP contribution in [0.15, 0.2) is 18.2 Å². The van der Waals surface area contributed by atoms with Gasteiger partial charge in [0.2, 0.25) is 0 Å². The Morgan fingerprint density at radius 2 is 2.00 bits per heavy atom. The van der Waals surface area contributed by atoms with Crippen molar-refractivity contribution in [2.75, 3.05) is 32.8 Å². The van der Waals surface area contributed by atoms with Gasteiger partial charge < -0.3 is 15.2 Å². The molecule has 2 atom stereocenters. The summed E-state index contributed by atoms with van der Waals surface area (Å²) in [7, 11) is 0. The third-order valence-electron chi connectivity index (χ3n) is 4.31.